The van der Waals surface area contributed by atoms with Gasteiger partial charge in [0.2, 0.25) is 17.6 Å². The zero-order chi connectivity index (χ0) is 23.7. The van der Waals surface area contributed by atoms with E-state index in [4.69, 9.17) is 5.73 Å². The van der Waals surface area contributed by atoms with E-state index in [2.05, 4.69) is 31.1 Å². The van der Waals surface area contributed by atoms with Crippen molar-refractivity contribution in [1.82, 2.24) is 15.5 Å². The van der Waals surface area contributed by atoms with Crippen molar-refractivity contribution in [3.05, 3.63) is 12.7 Å². The summed E-state index contributed by atoms with van der Waals surface area (Å²) in [6.07, 6.45) is 2.44. The predicted octanol–water partition coefficient (Wildman–Crippen LogP) is 1.42. The molecule has 8 nitrogen and oxygen atoms in total. The van der Waals surface area contributed by atoms with Gasteiger partial charge < -0.3 is 21.3 Å². The van der Waals surface area contributed by atoms with E-state index in [0.717, 1.165) is 0 Å². The maximum atomic E-state index is 13.3. The molecule has 1 unspecified atom stereocenters. The monoisotopic (exact) mass is 470 g/mol. The number of hydrogen-bond acceptors (Lipinski definition) is 5. The van der Waals surface area contributed by atoms with Crippen LogP contribution in [-0.4, -0.2) is 59.6 Å². The Kier molecular flexibility index (Phi) is 9.08. The van der Waals surface area contributed by atoms with Gasteiger partial charge in [-0.25, -0.2) is 0 Å². The van der Waals surface area contributed by atoms with Crippen LogP contribution in [0.4, 0.5) is 0 Å². The molecule has 1 heterocycles. The fourth-order valence-electron chi connectivity index (χ4n) is 4.59. The number of amides is 3. The number of hydrogen-bond donors (Lipinski definition) is 3. The van der Waals surface area contributed by atoms with Crippen LogP contribution in [0.3, 0.4) is 0 Å². The zero-order valence-corrected chi connectivity index (χ0v) is 20.9. The number of nitrogens with zero attached hydrogens (tertiary/aromatic N) is 1. The van der Waals surface area contributed by atoms with Gasteiger partial charge in [-0.2, -0.15) is 0 Å². The van der Waals surface area contributed by atoms with Crippen molar-refractivity contribution in [3.63, 3.8) is 0 Å². The average molecular weight is 471 g/mol. The number of piperidine rings is 1. The first-order valence-electron chi connectivity index (χ1n) is 11.1. The van der Waals surface area contributed by atoms with Crippen LogP contribution in [0.5, 0.6) is 0 Å². The van der Waals surface area contributed by atoms with E-state index >= 15 is 0 Å². The largest absolute Gasteiger partial charge is 0.346 e. The third kappa shape index (κ3) is 5.52. The van der Waals surface area contributed by atoms with E-state index in [9.17, 15) is 19.2 Å². The number of halogens is 1. The van der Waals surface area contributed by atoms with E-state index in [1.165, 1.54) is 6.08 Å². The summed E-state index contributed by atoms with van der Waals surface area (Å²) in [6.45, 7) is 15.9. The standard InChI is InChI=1S/C23H38N4O4.ClH/c1-8-10-14(17(28)20(30)25-11-9-2)26-19(29)16-15-13(23(15,6)7)12-27(16)21(31)18(24)22(3,4)5;/h9,13-16,18H,2,8,10-12,24H2,1,3-7H3,(H,25,30)(H,26,29);1H/t13-,14?,15-,16-,18+;/m0./s1. The van der Waals surface area contributed by atoms with Gasteiger partial charge in [-0.3, -0.25) is 19.2 Å². The van der Waals surface area contributed by atoms with Crippen molar-refractivity contribution in [2.24, 2.45) is 28.4 Å². The highest BCUT2D eigenvalue weighted by Crippen LogP contribution is 2.65. The molecule has 2 rings (SSSR count). The minimum absolute atomic E-state index is 0. The number of nitrogens with two attached hydrogens (primary N) is 1. The Morgan fingerprint density at radius 3 is 2.34 bits per heavy atom. The van der Waals surface area contributed by atoms with Crippen LogP contribution in [0.1, 0.15) is 54.4 Å². The smallest absolute Gasteiger partial charge is 0.289 e. The van der Waals surface area contributed by atoms with Crippen LogP contribution in [0.2, 0.25) is 0 Å². The topological polar surface area (TPSA) is 122 Å². The second-order valence-electron chi connectivity index (χ2n) is 10.4. The summed E-state index contributed by atoms with van der Waals surface area (Å²) in [5.74, 6) is -1.86. The Labute approximate surface area is 197 Å². The minimum Gasteiger partial charge on any atom is -0.346 e. The van der Waals surface area contributed by atoms with Gasteiger partial charge >= 0.3 is 0 Å². The van der Waals surface area contributed by atoms with Crippen LogP contribution in [-0.2, 0) is 19.2 Å². The highest BCUT2D eigenvalue weighted by atomic mass is 35.5. The highest BCUT2D eigenvalue weighted by Gasteiger charge is 2.69. The molecule has 0 spiro atoms. The molecule has 0 radical (unpaired) electrons. The molecule has 0 aromatic rings. The molecule has 2 aliphatic rings. The number of likely N-dealkylation sites (tertiary alicyclic amines) is 1. The lowest BCUT2D eigenvalue weighted by molar-refractivity contribution is -0.144. The van der Waals surface area contributed by atoms with Crippen molar-refractivity contribution in [3.8, 4) is 0 Å². The molecule has 1 aliphatic heterocycles. The molecule has 1 saturated heterocycles. The maximum Gasteiger partial charge on any atom is 0.289 e. The molecule has 5 atom stereocenters. The van der Waals surface area contributed by atoms with Gasteiger partial charge in [0.1, 0.15) is 6.04 Å². The third-order valence-electron chi connectivity index (χ3n) is 6.80. The Balaban J connectivity index is 0.00000512. The molecule has 1 saturated carbocycles. The van der Waals surface area contributed by atoms with E-state index < -0.39 is 41.1 Å². The summed E-state index contributed by atoms with van der Waals surface area (Å²) in [5, 5.41) is 5.23. The van der Waals surface area contributed by atoms with Crippen LogP contribution in [0.25, 0.3) is 0 Å². The predicted molar refractivity (Wildman–Crippen MR) is 126 cm³/mol. The van der Waals surface area contributed by atoms with E-state index in [-0.39, 0.29) is 42.1 Å². The number of Topliss-reactive ketones (excluding diaryl/α,β-unsaturated/α-hetero) is 1. The third-order valence-corrected chi connectivity index (χ3v) is 6.80. The van der Waals surface area contributed by atoms with Gasteiger partial charge in [-0.05, 0) is 29.1 Å². The molecule has 0 aromatic carbocycles. The highest BCUT2D eigenvalue weighted by molar-refractivity contribution is 6.38. The quantitative estimate of drug-likeness (QED) is 0.347. The Morgan fingerprint density at radius 1 is 1.25 bits per heavy atom. The molecule has 3 amide bonds. The van der Waals surface area contributed by atoms with Gasteiger partial charge in [0.15, 0.2) is 0 Å². The number of carbonyl (C=O) groups is 4. The summed E-state index contributed by atoms with van der Waals surface area (Å²) < 4.78 is 0. The molecule has 1 aliphatic carbocycles. The second-order valence-corrected chi connectivity index (χ2v) is 10.4. The van der Waals surface area contributed by atoms with Crippen molar-refractivity contribution in [1.29, 1.82) is 0 Å². The molecule has 0 aromatic heterocycles. The SMILES string of the molecule is C=CCNC(=O)C(=O)C(CCC)NC(=O)[C@@H]1[C@@H]2[C@H](CN1C(=O)[C@@H](N)C(C)(C)C)C2(C)C.Cl. The first kappa shape index (κ1) is 28.1. The van der Waals surface area contributed by atoms with Crippen molar-refractivity contribution >= 4 is 35.9 Å². The second kappa shape index (κ2) is 10.3. The average Bonchev–Trinajstić information content (AvgIpc) is 3.04. The van der Waals surface area contributed by atoms with Gasteiger partial charge in [0, 0.05) is 13.1 Å². The lowest BCUT2D eigenvalue weighted by Crippen LogP contribution is -2.59. The normalized spacial score (nSPS) is 25.0. The maximum absolute atomic E-state index is 13.3. The fourth-order valence-corrected chi connectivity index (χ4v) is 4.59. The number of rotatable bonds is 9. The Bertz CT molecular complexity index is 762. The molecule has 9 heteroatoms. The van der Waals surface area contributed by atoms with Crippen molar-refractivity contribution in [2.45, 2.75) is 72.5 Å². The van der Waals surface area contributed by atoms with Crippen LogP contribution >= 0.6 is 12.4 Å². The van der Waals surface area contributed by atoms with E-state index in [0.29, 0.717) is 19.4 Å². The zero-order valence-electron chi connectivity index (χ0n) is 20.1. The lowest BCUT2D eigenvalue weighted by Gasteiger charge is -2.36. The molecule has 182 valence electrons. The molecule has 4 N–H and O–H groups in total. The molecular weight excluding hydrogens is 432 g/mol. The summed E-state index contributed by atoms with van der Waals surface area (Å²) in [7, 11) is 0. The molecule has 0 bridgehead atoms. The van der Waals surface area contributed by atoms with Crippen molar-refractivity contribution < 1.29 is 19.2 Å². The number of ketones is 1. The first-order valence-corrected chi connectivity index (χ1v) is 11.1. The fraction of sp³-hybridized carbons (Fsp3) is 0.739. The van der Waals surface area contributed by atoms with Gasteiger partial charge in [0.25, 0.3) is 5.91 Å². The van der Waals surface area contributed by atoms with E-state index in [1.807, 2.05) is 27.7 Å². The van der Waals surface area contributed by atoms with Gasteiger partial charge in [0.05, 0.1) is 12.1 Å². The number of carbonyl (C=O) groups excluding carboxylic acids is 4. The van der Waals surface area contributed by atoms with Crippen molar-refractivity contribution in [2.75, 3.05) is 13.1 Å². The van der Waals surface area contributed by atoms with E-state index in [1.54, 1.807) is 4.90 Å². The first-order chi connectivity index (χ1) is 14.3. The lowest BCUT2D eigenvalue weighted by atomic mass is 9.86. The number of fused-ring (bicyclic) bond motifs is 1. The van der Waals surface area contributed by atoms with Gasteiger partial charge in [-0.1, -0.05) is 54.0 Å². The molecular formula is C23H39ClN4O4. The summed E-state index contributed by atoms with van der Waals surface area (Å²) in [4.78, 5) is 52.8. The molecule has 32 heavy (non-hydrogen) atoms. The van der Waals surface area contributed by atoms with Crippen LogP contribution in [0, 0.1) is 22.7 Å². The van der Waals surface area contributed by atoms with Crippen LogP contribution in [0.15, 0.2) is 12.7 Å². The molecule has 2 fully saturated rings. The summed E-state index contributed by atoms with van der Waals surface area (Å²) in [6, 6.07) is -2.36. The van der Waals surface area contributed by atoms with Crippen LogP contribution < -0.4 is 16.4 Å². The Morgan fingerprint density at radius 2 is 1.84 bits per heavy atom. The Hall–Kier alpha value is -1.93. The minimum atomic E-state index is -0.934. The number of nitrogens with one attached hydrogen (secondary N) is 2. The summed E-state index contributed by atoms with van der Waals surface area (Å²) >= 11 is 0. The summed E-state index contributed by atoms with van der Waals surface area (Å²) in [5.41, 5.74) is 5.71. The van der Waals surface area contributed by atoms with Gasteiger partial charge in [-0.15, -0.1) is 19.0 Å².